The van der Waals surface area contributed by atoms with Gasteiger partial charge in [-0.25, -0.2) is 4.98 Å². The summed E-state index contributed by atoms with van der Waals surface area (Å²) in [5, 5.41) is 27.2. The first-order valence-electron chi connectivity index (χ1n) is 14.6. The molecule has 0 atom stereocenters. The lowest BCUT2D eigenvalue weighted by Gasteiger charge is -2.20. The fourth-order valence-corrected chi connectivity index (χ4v) is 6.56. The van der Waals surface area contributed by atoms with E-state index in [-0.39, 0.29) is 12.8 Å². The normalized spacial score (nSPS) is 15.2. The van der Waals surface area contributed by atoms with Crippen molar-refractivity contribution < 1.29 is 19.8 Å². The second kappa shape index (κ2) is 15.9. The molecule has 41 heavy (non-hydrogen) atoms. The second-order valence-corrected chi connectivity index (χ2v) is 12.2. The summed E-state index contributed by atoms with van der Waals surface area (Å²) >= 11 is 8.39. The zero-order valence-corrected chi connectivity index (χ0v) is 25.0. The maximum Gasteiger partial charge on any atom is 0.303 e. The van der Waals surface area contributed by atoms with Gasteiger partial charge < -0.3 is 20.8 Å². The van der Waals surface area contributed by atoms with Crippen LogP contribution in [0.15, 0.2) is 41.8 Å². The summed E-state index contributed by atoms with van der Waals surface area (Å²) in [6.07, 6.45) is 11.0. The van der Waals surface area contributed by atoms with Crippen molar-refractivity contribution >= 4 is 40.6 Å². The number of carbonyl (C=O) groups is 2. The number of carboxylic acid groups (broad SMARTS) is 2. The third-order valence-electron chi connectivity index (χ3n) is 7.80. The number of thiazole rings is 1. The molecule has 220 valence electrons. The number of aromatic nitrogens is 1. The van der Waals surface area contributed by atoms with E-state index in [9.17, 15) is 9.59 Å². The molecule has 3 aromatic rings. The van der Waals surface area contributed by atoms with E-state index in [1.54, 1.807) is 0 Å². The zero-order chi connectivity index (χ0) is 29.0. The number of nitrogens with zero attached hydrogens (tertiary/aromatic N) is 1. The van der Waals surface area contributed by atoms with E-state index in [0.717, 1.165) is 61.2 Å². The lowest BCUT2D eigenvalue weighted by molar-refractivity contribution is -0.143. The number of halogens is 1. The highest BCUT2D eigenvalue weighted by Gasteiger charge is 2.16. The number of hydrogen-bond acceptors (Lipinski definition) is 6. The lowest BCUT2D eigenvalue weighted by Crippen LogP contribution is -2.16. The van der Waals surface area contributed by atoms with Gasteiger partial charge in [0.15, 0.2) is 0 Å². The molecular weight excluding hydrogens is 558 g/mol. The van der Waals surface area contributed by atoms with Crippen LogP contribution < -0.4 is 10.6 Å². The third-order valence-corrected chi connectivity index (χ3v) is 9.02. The highest BCUT2D eigenvalue weighted by Crippen LogP contribution is 2.32. The minimum atomic E-state index is -1.08. The number of aryl methyl sites for hydroxylation is 1. The Morgan fingerprint density at radius 3 is 2.39 bits per heavy atom. The van der Waals surface area contributed by atoms with Crippen LogP contribution in [-0.2, 0) is 35.4 Å². The van der Waals surface area contributed by atoms with E-state index >= 15 is 0 Å². The molecule has 1 aliphatic heterocycles. The first-order chi connectivity index (χ1) is 19.9. The van der Waals surface area contributed by atoms with Crippen LogP contribution in [0, 0.1) is 5.92 Å². The Balaban J connectivity index is 0.000000426. The first kappa shape index (κ1) is 31.0. The molecule has 4 N–H and O–H groups in total. The fraction of sp³-hybridized carbons (Fsp3) is 0.469. The molecule has 7 nitrogen and oxygen atoms in total. The van der Waals surface area contributed by atoms with Gasteiger partial charge in [-0.1, -0.05) is 74.0 Å². The number of fused-ring (bicyclic) bond motifs is 1. The molecule has 2 aromatic carbocycles. The van der Waals surface area contributed by atoms with Crippen LogP contribution in [-0.4, -0.2) is 40.2 Å². The Morgan fingerprint density at radius 2 is 1.68 bits per heavy atom. The largest absolute Gasteiger partial charge is 0.481 e. The third kappa shape index (κ3) is 9.83. The second-order valence-electron chi connectivity index (χ2n) is 10.8. The van der Waals surface area contributed by atoms with Crippen molar-refractivity contribution in [1.82, 2.24) is 10.3 Å². The molecule has 1 fully saturated rings. The molecule has 0 unspecified atom stereocenters. The molecule has 2 aliphatic rings. The van der Waals surface area contributed by atoms with Crippen LogP contribution in [0.1, 0.15) is 73.1 Å². The number of hydrogen-bond donors (Lipinski definition) is 4. The van der Waals surface area contributed by atoms with Gasteiger partial charge in [-0.3, -0.25) is 9.59 Å². The van der Waals surface area contributed by atoms with Crippen molar-refractivity contribution in [2.45, 2.75) is 77.2 Å². The topological polar surface area (TPSA) is 112 Å². The van der Waals surface area contributed by atoms with Gasteiger partial charge in [0, 0.05) is 17.5 Å². The molecule has 0 saturated heterocycles. The summed E-state index contributed by atoms with van der Waals surface area (Å²) in [6, 6.07) is 13.0. The van der Waals surface area contributed by atoms with Gasteiger partial charge in [-0.2, -0.15) is 0 Å². The first-order valence-corrected chi connectivity index (χ1v) is 15.9. The van der Waals surface area contributed by atoms with Gasteiger partial charge in [0.1, 0.15) is 0 Å². The number of rotatable bonds is 10. The Labute approximate surface area is 251 Å². The Hall–Kier alpha value is -2.94. The number of anilines is 1. The molecule has 2 heterocycles. The molecule has 0 amide bonds. The smallest absolute Gasteiger partial charge is 0.303 e. The van der Waals surface area contributed by atoms with Crippen LogP contribution in [0.4, 0.5) is 5.69 Å². The molecule has 1 saturated carbocycles. The van der Waals surface area contributed by atoms with Crippen LogP contribution in [0.3, 0.4) is 0 Å². The predicted octanol–water partition coefficient (Wildman–Crippen LogP) is 7.21. The van der Waals surface area contributed by atoms with E-state index in [4.69, 9.17) is 26.8 Å². The van der Waals surface area contributed by atoms with Crippen LogP contribution in [0.2, 0.25) is 5.02 Å². The lowest BCUT2D eigenvalue weighted by atomic mass is 9.86. The molecule has 1 aliphatic carbocycles. The predicted molar refractivity (Wildman–Crippen MR) is 166 cm³/mol. The quantitative estimate of drug-likeness (QED) is 0.195. The maximum atomic E-state index is 9.64. The summed E-state index contributed by atoms with van der Waals surface area (Å²) < 4.78 is 0. The van der Waals surface area contributed by atoms with Crippen molar-refractivity contribution in [3.05, 3.63) is 68.5 Å². The van der Waals surface area contributed by atoms with Crippen molar-refractivity contribution in [3.63, 3.8) is 0 Å². The van der Waals surface area contributed by atoms with E-state index in [1.165, 1.54) is 65.8 Å². The van der Waals surface area contributed by atoms with E-state index < -0.39 is 11.9 Å². The minimum absolute atomic E-state index is 0.296. The Morgan fingerprint density at radius 1 is 0.976 bits per heavy atom. The van der Waals surface area contributed by atoms with E-state index in [0.29, 0.717) is 0 Å². The zero-order valence-electron chi connectivity index (χ0n) is 23.5. The molecule has 1 aromatic heterocycles. The fourth-order valence-electron chi connectivity index (χ4n) is 5.49. The van der Waals surface area contributed by atoms with Gasteiger partial charge in [-0.15, -0.1) is 11.3 Å². The number of aliphatic carboxylic acids is 2. The SMILES string of the molecule is Clc1ccc2c(c1NCc1ccc(-c3csc(CCC4CCCCC4)n3)cc1)CCNCC2.O=C(O)CCC(=O)O. The summed E-state index contributed by atoms with van der Waals surface area (Å²) in [7, 11) is 0. The van der Waals surface area contributed by atoms with Gasteiger partial charge in [0.2, 0.25) is 0 Å². The van der Waals surface area contributed by atoms with Gasteiger partial charge >= 0.3 is 11.9 Å². The average molecular weight is 598 g/mol. The highest BCUT2D eigenvalue weighted by atomic mass is 35.5. The van der Waals surface area contributed by atoms with Gasteiger partial charge in [0.25, 0.3) is 0 Å². The van der Waals surface area contributed by atoms with Crippen LogP contribution in [0.5, 0.6) is 0 Å². The van der Waals surface area contributed by atoms with Crippen molar-refractivity contribution in [1.29, 1.82) is 0 Å². The van der Waals surface area contributed by atoms with E-state index in [1.807, 2.05) is 17.4 Å². The number of nitrogens with one attached hydrogen (secondary N) is 2. The molecule has 0 spiro atoms. The highest BCUT2D eigenvalue weighted by molar-refractivity contribution is 7.09. The number of benzene rings is 2. The monoisotopic (exact) mass is 597 g/mol. The van der Waals surface area contributed by atoms with Gasteiger partial charge in [0.05, 0.1) is 34.3 Å². The van der Waals surface area contributed by atoms with Gasteiger partial charge in [-0.05, 0) is 67.4 Å². The summed E-state index contributed by atoms with van der Waals surface area (Å²) in [5.74, 6) is -1.23. The Bertz CT molecular complexity index is 1270. The van der Waals surface area contributed by atoms with E-state index in [2.05, 4.69) is 46.3 Å². The number of carboxylic acids is 2. The van der Waals surface area contributed by atoms with Crippen molar-refractivity contribution in [3.8, 4) is 11.3 Å². The Kier molecular flexibility index (Phi) is 12.0. The molecule has 0 bridgehead atoms. The molecular formula is C32H40ClN3O4S. The minimum Gasteiger partial charge on any atom is -0.481 e. The summed E-state index contributed by atoms with van der Waals surface area (Å²) in [4.78, 5) is 24.2. The molecule has 5 rings (SSSR count). The summed E-state index contributed by atoms with van der Waals surface area (Å²) in [5.41, 5.74) is 7.45. The molecule has 9 heteroatoms. The van der Waals surface area contributed by atoms with Crippen LogP contribution in [0.25, 0.3) is 11.3 Å². The summed E-state index contributed by atoms with van der Waals surface area (Å²) in [6.45, 7) is 2.81. The average Bonchev–Trinajstić information content (AvgIpc) is 3.33. The maximum absolute atomic E-state index is 9.64. The van der Waals surface area contributed by atoms with Crippen LogP contribution >= 0.6 is 22.9 Å². The van der Waals surface area contributed by atoms with Crippen molar-refractivity contribution in [2.75, 3.05) is 18.4 Å². The van der Waals surface area contributed by atoms with Crippen molar-refractivity contribution in [2.24, 2.45) is 5.92 Å². The standard InChI is InChI=1S/C28H34ClN3S.C4H6O4/c29-25-12-11-22-14-16-30-17-15-24(22)28(25)31-18-21-6-9-23(10-7-21)26-19-33-27(32-26)13-8-20-4-2-1-3-5-20;5-3(6)1-2-4(7)8/h6-7,9-12,19-20,30-31H,1-5,8,13-18H2;1-2H2,(H,5,6)(H,7,8). The molecule has 0 radical (unpaired) electrons.